The molecule has 0 unspecified atom stereocenters. The van der Waals surface area contributed by atoms with Gasteiger partial charge in [-0.2, -0.15) is 5.10 Å². The summed E-state index contributed by atoms with van der Waals surface area (Å²) in [6, 6.07) is 14.2. The van der Waals surface area contributed by atoms with Crippen LogP contribution in [0.3, 0.4) is 0 Å². The molecule has 9 nitrogen and oxygen atoms in total. The van der Waals surface area contributed by atoms with Crippen molar-refractivity contribution >= 4 is 23.4 Å². The van der Waals surface area contributed by atoms with Gasteiger partial charge in [0.05, 0.1) is 23.4 Å². The fraction of sp³-hybridized carbons (Fsp3) is 0.105. The third-order valence-electron chi connectivity index (χ3n) is 3.82. The van der Waals surface area contributed by atoms with Gasteiger partial charge in [0.1, 0.15) is 5.56 Å². The fourth-order valence-electron chi connectivity index (χ4n) is 2.53. The first-order chi connectivity index (χ1) is 13.5. The normalized spacial score (nSPS) is 10.3. The molecule has 3 aromatic rings. The summed E-state index contributed by atoms with van der Waals surface area (Å²) in [7, 11) is 0. The lowest BCUT2D eigenvalue weighted by Gasteiger charge is -2.11. The number of rotatable bonds is 6. The second kappa shape index (κ2) is 8.12. The molecule has 0 bridgehead atoms. The van der Waals surface area contributed by atoms with Crippen LogP contribution in [-0.4, -0.2) is 33.2 Å². The summed E-state index contributed by atoms with van der Waals surface area (Å²) in [5.41, 5.74) is 0.552. The average Bonchev–Trinajstić information content (AvgIpc) is 3.12. The molecular formula is C19H16N4O5. The molecule has 0 atom stereocenters. The molecule has 1 N–H and O–H groups in total. The number of carbonyl (C=O) groups is 2. The average molecular weight is 380 g/mol. The van der Waals surface area contributed by atoms with Gasteiger partial charge in [-0.1, -0.05) is 24.3 Å². The molecular weight excluding hydrogens is 364 g/mol. The van der Waals surface area contributed by atoms with Crippen LogP contribution >= 0.6 is 0 Å². The number of anilines is 1. The van der Waals surface area contributed by atoms with Gasteiger partial charge in [-0.25, -0.2) is 9.48 Å². The van der Waals surface area contributed by atoms with E-state index in [2.05, 4.69) is 10.4 Å². The predicted octanol–water partition coefficient (Wildman–Crippen LogP) is 3.21. The lowest BCUT2D eigenvalue weighted by Crippen LogP contribution is -2.18. The second-order valence-electron chi connectivity index (χ2n) is 5.64. The zero-order valence-electron chi connectivity index (χ0n) is 14.9. The fourth-order valence-corrected chi connectivity index (χ4v) is 2.53. The van der Waals surface area contributed by atoms with Gasteiger partial charge >= 0.3 is 5.97 Å². The Morgan fingerprint density at radius 2 is 1.93 bits per heavy atom. The van der Waals surface area contributed by atoms with Crippen LogP contribution in [0.2, 0.25) is 0 Å². The number of benzene rings is 2. The number of non-ortho nitro benzene ring substituents is 1. The third kappa shape index (κ3) is 3.88. The van der Waals surface area contributed by atoms with E-state index in [4.69, 9.17) is 4.74 Å². The van der Waals surface area contributed by atoms with Crippen molar-refractivity contribution in [2.45, 2.75) is 6.92 Å². The summed E-state index contributed by atoms with van der Waals surface area (Å²) in [5.74, 6) is -1.15. The van der Waals surface area contributed by atoms with E-state index in [1.807, 2.05) is 6.07 Å². The molecule has 2 aromatic carbocycles. The quantitative estimate of drug-likeness (QED) is 0.399. The van der Waals surface area contributed by atoms with E-state index in [1.165, 1.54) is 29.1 Å². The third-order valence-corrected chi connectivity index (χ3v) is 3.82. The van der Waals surface area contributed by atoms with Crippen molar-refractivity contribution in [3.05, 3.63) is 82.0 Å². The van der Waals surface area contributed by atoms with Gasteiger partial charge in [-0.05, 0) is 25.1 Å². The number of aromatic nitrogens is 2. The Kier molecular flexibility index (Phi) is 5.45. The van der Waals surface area contributed by atoms with Gasteiger partial charge < -0.3 is 10.1 Å². The highest BCUT2D eigenvalue weighted by Crippen LogP contribution is 2.23. The number of hydrogen-bond donors (Lipinski definition) is 1. The molecule has 0 aliphatic carbocycles. The standard InChI is InChI=1S/C19H16N4O5/c1-2-28-19(25)16-12-20-22(14-8-4-3-5-9-14)17(16)21-18(24)13-7-6-10-15(11-13)23(26)27/h3-12H,2H2,1H3,(H,21,24). The molecule has 142 valence electrons. The van der Waals surface area contributed by atoms with Crippen LogP contribution in [0, 0.1) is 10.1 Å². The summed E-state index contributed by atoms with van der Waals surface area (Å²) in [6.07, 6.45) is 1.30. The Labute approximate surface area is 159 Å². The van der Waals surface area contributed by atoms with Crippen LogP contribution in [0.1, 0.15) is 27.6 Å². The monoisotopic (exact) mass is 380 g/mol. The van der Waals surface area contributed by atoms with Crippen molar-refractivity contribution in [1.29, 1.82) is 0 Å². The van der Waals surface area contributed by atoms with E-state index in [9.17, 15) is 19.7 Å². The van der Waals surface area contributed by atoms with Crippen LogP contribution in [0.15, 0.2) is 60.8 Å². The van der Waals surface area contributed by atoms with Crippen molar-refractivity contribution in [2.75, 3.05) is 11.9 Å². The number of nitro groups is 1. The number of nitro benzene ring substituents is 1. The van der Waals surface area contributed by atoms with E-state index in [0.717, 1.165) is 6.07 Å². The van der Waals surface area contributed by atoms with E-state index in [1.54, 1.807) is 31.2 Å². The number of ether oxygens (including phenoxy) is 1. The van der Waals surface area contributed by atoms with E-state index in [-0.39, 0.29) is 29.2 Å². The van der Waals surface area contributed by atoms with Crippen molar-refractivity contribution in [1.82, 2.24) is 9.78 Å². The second-order valence-corrected chi connectivity index (χ2v) is 5.64. The first-order valence-corrected chi connectivity index (χ1v) is 8.37. The number of esters is 1. The van der Waals surface area contributed by atoms with Crippen molar-refractivity contribution in [3.8, 4) is 5.69 Å². The molecule has 0 saturated heterocycles. The number of carbonyl (C=O) groups excluding carboxylic acids is 2. The maximum atomic E-state index is 12.7. The summed E-state index contributed by atoms with van der Waals surface area (Å²) < 4.78 is 6.41. The number of hydrogen-bond acceptors (Lipinski definition) is 6. The van der Waals surface area contributed by atoms with Gasteiger partial charge in [-0.3, -0.25) is 14.9 Å². The molecule has 0 aliphatic heterocycles. The smallest absolute Gasteiger partial charge is 0.343 e. The highest BCUT2D eigenvalue weighted by molar-refractivity contribution is 6.07. The molecule has 0 aliphatic rings. The topological polar surface area (TPSA) is 116 Å². The van der Waals surface area contributed by atoms with E-state index < -0.39 is 16.8 Å². The van der Waals surface area contributed by atoms with Crippen molar-refractivity contribution < 1.29 is 19.2 Å². The Hall–Kier alpha value is -4.01. The predicted molar refractivity (Wildman–Crippen MR) is 101 cm³/mol. The summed E-state index contributed by atoms with van der Waals surface area (Å²) >= 11 is 0. The molecule has 1 amide bonds. The highest BCUT2D eigenvalue weighted by Gasteiger charge is 2.22. The summed E-state index contributed by atoms with van der Waals surface area (Å²) in [4.78, 5) is 35.3. The SMILES string of the molecule is CCOC(=O)c1cnn(-c2ccccc2)c1NC(=O)c1cccc([N+](=O)[O-])c1. The maximum absolute atomic E-state index is 12.7. The van der Waals surface area contributed by atoms with Crippen LogP contribution in [-0.2, 0) is 4.74 Å². The largest absolute Gasteiger partial charge is 0.462 e. The summed E-state index contributed by atoms with van der Waals surface area (Å²) in [5, 5.41) is 17.7. The zero-order chi connectivity index (χ0) is 20.1. The lowest BCUT2D eigenvalue weighted by molar-refractivity contribution is -0.384. The van der Waals surface area contributed by atoms with Crippen LogP contribution in [0.5, 0.6) is 0 Å². The number of amides is 1. The maximum Gasteiger partial charge on any atom is 0.343 e. The zero-order valence-corrected chi connectivity index (χ0v) is 14.9. The molecule has 0 saturated carbocycles. The lowest BCUT2D eigenvalue weighted by atomic mass is 10.2. The summed E-state index contributed by atoms with van der Waals surface area (Å²) in [6.45, 7) is 1.83. The Balaban J connectivity index is 2.00. The number of nitrogens with zero attached hydrogens (tertiary/aromatic N) is 3. The van der Waals surface area contributed by atoms with E-state index >= 15 is 0 Å². The van der Waals surface area contributed by atoms with Gasteiger partial charge in [0.2, 0.25) is 0 Å². The first-order valence-electron chi connectivity index (χ1n) is 8.37. The Morgan fingerprint density at radius 3 is 2.61 bits per heavy atom. The van der Waals surface area contributed by atoms with Crippen LogP contribution in [0.4, 0.5) is 11.5 Å². The van der Waals surface area contributed by atoms with Gasteiger partial charge in [0.15, 0.2) is 5.82 Å². The van der Waals surface area contributed by atoms with Gasteiger partial charge in [-0.15, -0.1) is 0 Å². The van der Waals surface area contributed by atoms with Gasteiger partial charge in [0, 0.05) is 17.7 Å². The molecule has 9 heteroatoms. The minimum atomic E-state index is -0.640. The number of para-hydroxylation sites is 1. The molecule has 0 fully saturated rings. The van der Waals surface area contributed by atoms with Crippen molar-refractivity contribution in [2.24, 2.45) is 0 Å². The Morgan fingerprint density at radius 1 is 1.18 bits per heavy atom. The Bertz CT molecular complexity index is 1030. The molecule has 0 radical (unpaired) electrons. The molecule has 3 rings (SSSR count). The highest BCUT2D eigenvalue weighted by atomic mass is 16.6. The van der Waals surface area contributed by atoms with Gasteiger partial charge in [0.25, 0.3) is 11.6 Å². The number of nitrogens with one attached hydrogen (secondary N) is 1. The minimum Gasteiger partial charge on any atom is -0.462 e. The molecule has 1 aromatic heterocycles. The van der Waals surface area contributed by atoms with Crippen LogP contribution in [0.25, 0.3) is 5.69 Å². The molecule has 28 heavy (non-hydrogen) atoms. The van der Waals surface area contributed by atoms with Crippen molar-refractivity contribution in [3.63, 3.8) is 0 Å². The van der Waals surface area contributed by atoms with Crippen LogP contribution < -0.4 is 5.32 Å². The molecule has 1 heterocycles. The minimum absolute atomic E-state index is 0.0736. The van der Waals surface area contributed by atoms with E-state index in [0.29, 0.717) is 5.69 Å². The molecule has 0 spiro atoms. The first kappa shape index (κ1) is 18.8.